The van der Waals surface area contributed by atoms with Crippen LogP contribution in [-0.2, 0) is 25.2 Å². The predicted molar refractivity (Wildman–Crippen MR) is 115 cm³/mol. The summed E-state index contributed by atoms with van der Waals surface area (Å²) in [6.07, 6.45) is 2.22. The molecule has 0 unspecified atom stereocenters. The Hall–Kier alpha value is -0.723. The van der Waals surface area contributed by atoms with Gasteiger partial charge in [0.05, 0.1) is 31.5 Å². The molecule has 1 aliphatic heterocycles. The minimum Gasteiger partial charge on any atom is -0.414 e. The lowest BCUT2D eigenvalue weighted by Gasteiger charge is -2.50. The minimum absolute atomic E-state index is 0.0878. The standard InChI is InChI=1S/C23H38O4Si/c1-22(2,3)28(6,7)27-18-13-20(24-15-17-11-9-8-10-12-17)19-16-25-23(4,5)26-21(19)14-18/h8-12,18-21H,13-16H2,1-7H3/t18-,19+,20-,21+/m1/s1. The number of ether oxygens (including phenoxy) is 3. The molecule has 1 saturated heterocycles. The van der Waals surface area contributed by atoms with Crippen LogP contribution in [0.15, 0.2) is 30.3 Å². The van der Waals surface area contributed by atoms with Crippen molar-refractivity contribution >= 4 is 8.32 Å². The monoisotopic (exact) mass is 406 g/mol. The van der Waals surface area contributed by atoms with Crippen LogP contribution >= 0.6 is 0 Å². The van der Waals surface area contributed by atoms with Gasteiger partial charge in [0.25, 0.3) is 0 Å². The first kappa shape index (κ1) is 22.0. The molecule has 0 N–H and O–H groups in total. The first-order chi connectivity index (χ1) is 13.0. The SMILES string of the molecule is CC1(C)OC[C@@H]2[C@H](C[C@H](O[Si](C)(C)C(C)(C)C)C[C@H]2OCc2ccccc2)O1. The van der Waals surface area contributed by atoms with Crippen LogP contribution in [0.5, 0.6) is 0 Å². The summed E-state index contributed by atoms with van der Waals surface area (Å²) in [4.78, 5) is 0. The van der Waals surface area contributed by atoms with Crippen LogP contribution in [0, 0.1) is 5.92 Å². The second-order valence-corrected chi connectivity index (χ2v) is 15.1. The average Bonchev–Trinajstić information content (AvgIpc) is 2.58. The number of rotatable bonds is 5. The van der Waals surface area contributed by atoms with Crippen molar-refractivity contribution in [1.82, 2.24) is 0 Å². The van der Waals surface area contributed by atoms with E-state index in [-0.39, 0.29) is 29.3 Å². The molecule has 0 spiro atoms. The van der Waals surface area contributed by atoms with Gasteiger partial charge in [-0.15, -0.1) is 0 Å². The van der Waals surface area contributed by atoms with Crippen LogP contribution in [0.3, 0.4) is 0 Å². The Bertz CT molecular complexity index is 638. The molecule has 28 heavy (non-hydrogen) atoms. The zero-order valence-corrected chi connectivity index (χ0v) is 19.7. The van der Waals surface area contributed by atoms with E-state index in [1.807, 2.05) is 19.9 Å². The highest BCUT2D eigenvalue weighted by Gasteiger charge is 2.48. The van der Waals surface area contributed by atoms with Crippen LogP contribution in [0.25, 0.3) is 0 Å². The Morgan fingerprint density at radius 3 is 2.43 bits per heavy atom. The van der Waals surface area contributed by atoms with Crippen molar-refractivity contribution in [2.75, 3.05) is 6.61 Å². The van der Waals surface area contributed by atoms with Crippen molar-refractivity contribution < 1.29 is 18.6 Å². The van der Waals surface area contributed by atoms with Crippen molar-refractivity contribution in [1.29, 1.82) is 0 Å². The van der Waals surface area contributed by atoms with E-state index in [9.17, 15) is 0 Å². The molecule has 1 aromatic rings. The van der Waals surface area contributed by atoms with E-state index in [4.69, 9.17) is 18.6 Å². The maximum Gasteiger partial charge on any atom is 0.192 e. The molecule has 2 fully saturated rings. The van der Waals surface area contributed by atoms with Gasteiger partial charge in [0.2, 0.25) is 0 Å². The highest BCUT2D eigenvalue weighted by molar-refractivity contribution is 6.74. The fourth-order valence-corrected chi connectivity index (χ4v) is 5.29. The van der Waals surface area contributed by atoms with E-state index >= 15 is 0 Å². The fourth-order valence-electron chi connectivity index (χ4n) is 3.91. The summed E-state index contributed by atoms with van der Waals surface area (Å²) >= 11 is 0. The zero-order chi connectivity index (χ0) is 20.6. The Balaban J connectivity index is 1.73. The molecule has 4 atom stereocenters. The summed E-state index contributed by atoms with van der Waals surface area (Å²) in [5.41, 5.74) is 1.20. The smallest absolute Gasteiger partial charge is 0.192 e. The summed E-state index contributed by atoms with van der Waals surface area (Å²) in [5, 5.41) is 0.194. The molecule has 0 bridgehead atoms. The fraction of sp³-hybridized carbons (Fsp3) is 0.739. The van der Waals surface area contributed by atoms with Gasteiger partial charge in [-0.2, -0.15) is 0 Å². The van der Waals surface area contributed by atoms with E-state index in [2.05, 4.69) is 58.1 Å². The summed E-state index contributed by atoms with van der Waals surface area (Å²) < 4.78 is 25.5. The van der Waals surface area contributed by atoms with Gasteiger partial charge in [-0.05, 0) is 50.4 Å². The molecular formula is C23H38O4Si. The molecule has 1 heterocycles. The van der Waals surface area contributed by atoms with Crippen molar-refractivity contribution in [3.8, 4) is 0 Å². The van der Waals surface area contributed by atoms with Crippen LogP contribution in [0.2, 0.25) is 18.1 Å². The van der Waals surface area contributed by atoms with Crippen LogP contribution in [-0.4, -0.2) is 39.0 Å². The summed E-state index contributed by atoms with van der Waals surface area (Å²) in [6, 6.07) is 10.4. The average molecular weight is 407 g/mol. The quantitative estimate of drug-likeness (QED) is 0.603. The Morgan fingerprint density at radius 1 is 1.11 bits per heavy atom. The van der Waals surface area contributed by atoms with Crippen molar-refractivity contribution in [2.24, 2.45) is 5.92 Å². The number of fused-ring (bicyclic) bond motifs is 1. The minimum atomic E-state index is -1.84. The molecule has 2 aliphatic rings. The van der Waals surface area contributed by atoms with E-state index in [0.717, 1.165) is 12.8 Å². The van der Waals surface area contributed by atoms with E-state index in [1.165, 1.54) is 5.56 Å². The maximum absolute atomic E-state index is 6.78. The lowest BCUT2D eigenvalue weighted by molar-refractivity contribution is -0.317. The van der Waals surface area contributed by atoms with E-state index < -0.39 is 14.1 Å². The summed E-state index contributed by atoms with van der Waals surface area (Å²) in [5.74, 6) is -0.278. The number of benzene rings is 1. The van der Waals surface area contributed by atoms with Crippen molar-refractivity contribution in [3.05, 3.63) is 35.9 Å². The van der Waals surface area contributed by atoms with E-state index in [0.29, 0.717) is 13.2 Å². The highest BCUT2D eigenvalue weighted by Crippen LogP contribution is 2.43. The van der Waals surface area contributed by atoms with Gasteiger partial charge in [0, 0.05) is 5.92 Å². The molecule has 1 aromatic carbocycles. The Labute approximate surface area is 172 Å². The van der Waals surface area contributed by atoms with Crippen LogP contribution in [0.4, 0.5) is 0 Å². The predicted octanol–water partition coefficient (Wildman–Crippen LogP) is 5.52. The molecule has 5 heteroatoms. The Morgan fingerprint density at radius 2 is 1.79 bits per heavy atom. The third-order valence-corrected chi connectivity index (χ3v) is 11.1. The lowest BCUT2D eigenvalue weighted by Crippen LogP contribution is -2.56. The topological polar surface area (TPSA) is 36.9 Å². The molecule has 4 nitrogen and oxygen atoms in total. The summed E-state index contributed by atoms with van der Waals surface area (Å²) in [6.45, 7) is 16.8. The van der Waals surface area contributed by atoms with Crippen molar-refractivity contribution in [2.45, 2.75) is 96.3 Å². The first-order valence-corrected chi connectivity index (χ1v) is 13.5. The van der Waals surface area contributed by atoms with Crippen LogP contribution in [0.1, 0.15) is 53.0 Å². The largest absolute Gasteiger partial charge is 0.414 e. The van der Waals surface area contributed by atoms with Crippen LogP contribution < -0.4 is 0 Å². The molecule has 1 aliphatic carbocycles. The third kappa shape index (κ3) is 5.25. The van der Waals surface area contributed by atoms with Gasteiger partial charge in [0.1, 0.15) is 0 Å². The molecular weight excluding hydrogens is 368 g/mol. The highest BCUT2D eigenvalue weighted by atomic mass is 28.4. The molecule has 0 radical (unpaired) electrons. The lowest BCUT2D eigenvalue weighted by atomic mass is 9.81. The van der Waals surface area contributed by atoms with Gasteiger partial charge in [-0.3, -0.25) is 0 Å². The molecule has 0 aromatic heterocycles. The molecule has 0 amide bonds. The third-order valence-electron chi connectivity index (χ3n) is 6.58. The molecule has 3 rings (SSSR count). The van der Waals surface area contributed by atoms with Gasteiger partial charge < -0.3 is 18.6 Å². The van der Waals surface area contributed by atoms with Gasteiger partial charge in [-0.1, -0.05) is 51.1 Å². The van der Waals surface area contributed by atoms with Crippen molar-refractivity contribution in [3.63, 3.8) is 0 Å². The molecule has 158 valence electrons. The number of hydrogen-bond acceptors (Lipinski definition) is 4. The second-order valence-electron chi connectivity index (χ2n) is 10.3. The van der Waals surface area contributed by atoms with Gasteiger partial charge in [0.15, 0.2) is 14.1 Å². The maximum atomic E-state index is 6.78. The van der Waals surface area contributed by atoms with Gasteiger partial charge >= 0.3 is 0 Å². The zero-order valence-electron chi connectivity index (χ0n) is 18.7. The summed E-state index contributed by atoms with van der Waals surface area (Å²) in [7, 11) is -1.84. The Kier molecular flexibility index (Phi) is 6.43. The molecule has 1 saturated carbocycles. The normalized spacial score (nSPS) is 30.7. The second kappa shape index (κ2) is 8.19. The van der Waals surface area contributed by atoms with Gasteiger partial charge in [-0.25, -0.2) is 0 Å². The van der Waals surface area contributed by atoms with E-state index in [1.54, 1.807) is 0 Å². The number of hydrogen-bond donors (Lipinski definition) is 0. The first-order valence-electron chi connectivity index (χ1n) is 10.6.